The zero-order valence-corrected chi connectivity index (χ0v) is 11.2. The molecule has 2 aliphatic rings. The molecule has 17 heavy (non-hydrogen) atoms. The lowest BCUT2D eigenvalue weighted by atomic mass is 9.99. The Morgan fingerprint density at radius 3 is 2.41 bits per heavy atom. The van der Waals surface area contributed by atoms with E-state index in [2.05, 4.69) is 36.4 Å². The van der Waals surface area contributed by atoms with Crippen molar-refractivity contribution < 1.29 is 0 Å². The van der Waals surface area contributed by atoms with Crippen molar-refractivity contribution in [3.8, 4) is 0 Å². The fourth-order valence-electron chi connectivity index (χ4n) is 2.33. The molecule has 1 heterocycles. The molecule has 2 rings (SSSR count). The number of rotatable bonds is 4. The Bertz CT molecular complexity index is 329. The SMILES string of the molecule is C=C(/N=C\C(=C/C)C1CC1)N1CCC(C)CC1. The summed E-state index contributed by atoms with van der Waals surface area (Å²) in [6.45, 7) is 10.8. The Balaban J connectivity index is 1.85. The second-order valence-corrected chi connectivity index (χ2v) is 5.41. The molecular weight excluding hydrogens is 208 g/mol. The summed E-state index contributed by atoms with van der Waals surface area (Å²) in [5.74, 6) is 2.58. The molecule has 0 aromatic rings. The largest absolute Gasteiger partial charge is 0.357 e. The Morgan fingerprint density at radius 2 is 1.88 bits per heavy atom. The van der Waals surface area contributed by atoms with Crippen molar-refractivity contribution in [3.05, 3.63) is 24.0 Å². The van der Waals surface area contributed by atoms with E-state index in [-0.39, 0.29) is 0 Å². The van der Waals surface area contributed by atoms with Gasteiger partial charge >= 0.3 is 0 Å². The monoisotopic (exact) mass is 232 g/mol. The summed E-state index contributed by atoms with van der Waals surface area (Å²) in [5, 5.41) is 0. The van der Waals surface area contributed by atoms with Gasteiger partial charge in [0.2, 0.25) is 0 Å². The van der Waals surface area contributed by atoms with E-state index < -0.39 is 0 Å². The Kier molecular flexibility index (Phi) is 4.03. The van der Waals surface area contributed by atoms with Crippen molar-refractivity contribution in [3.63, 3.8) is 0 Å². The zero-order valence-electron chi connectivity index (χ0n) is 11.2. The molecule has 0 bridgehead atoms. The van der Waals surface area contributed by atoms with Gasteiger partial charge in [0.25, 0.3) is 0 Å². The highest BCUT2D eigenvalue weighted by Gasteiger charge is 2.24. The van der Waals surface area contributed by atoms with Gasteiger partial charge in [-0.05, 0) is 50.0 Å². The van der Waals surface area contributed by atoms with E-state index in [1.54, 1.807) is 0 Å². The molecule has 0 aromatic carbocycles. The first kappa shape index (κ1) is 12.4. The number of hydrogen-bond acceptors (Lipinski definition) is 2. The van der Waals surface area contributed by atoms with Gasteiger partial charge < -0.3 is 4.90 Å². The van der Waals surface area contributed by atoms with Crippen LogP contribution in [0.4, 0.5) is 0 Å². The second-order valence-electron chi connectivity index (χ2n) is 5.41. The van der Waals surface area contributed by atoms with Gasteiger partial charge in [-0.2, -0.15) is 0 Å². The minimum atomic E-state index is 0.776. The lowest BCUT2D eigenvalue weighted by molar-refractivity contribution is 0.237. The van der Waals surface area contributed by atoms with Crippen LogP contribution < -0.4 is 0 Å². The molecule has 0 atom stereocenters. The Morgan fingerprint density at radius 1 is 1.24 bits per heavy atom. The number of allylic oxidation sites excluding steroid dienone is 2. The molecule has 1 aliphatic carbocycles. The van der Waals surface area contributed by atoms with Gasteiger partial charge in [0.15, 0.2) is 0 Å². The van der Waals surface area contributed by atoms with Crippen LogP contribution in [-0.2, 0) is 0 Å². The highest BCUT2D eigenvalue weighted by Crippen LogP contribution is 2.35. The molecule has 0 aromatic heterocycles. The Hall–Kier alpha value is -1.05. The highest BCUT2D eigenvalue weighted by atomic mass is 15.2. The summed E-state index contributed by atoms with van der Waals surface area (Å²) in [4.78, 5) is 6.86. The number of nitrogens with zero attached hydrogens (tertiary/aromatic N) is 2. The molecule has 0 amide bonds. The quantitative estimate of drug-likeness (QED) is 0.676. The van der Waals surface area contributed by atoms with E-state index in [9.17, 15) is 0 Å². The fourth-order valence-corrected chi connectivity index (χ4v) is 2.33. The molecule has 2 fully saturated rings. The number of piperidine rings is 1. The van der Waals surface area contributed by atoms with Crippen molar-refractivity contribution in [1.82, 2.24) is 4.90 Å². The van der Waals surface area contributed by atoms with Gasteiger partial charge in [0.1, 0.15) is 5.82 Å². The third kappa shape index (κ3) is 3.45. The average molecular weight is 232 g/mol. The first-order chi connectivity index (χ1) is 8.20. The van der Waals surface area contributed by atoms with E-state index >= 15 is 0 Å². The summed E-state index contributed by atoms with van der Waals surface area (Å²) >= 11 is 0. The average Bonchev–Trinajstić information content (AvgIpc) is 3.15. The lowest BCUT2D eigenvalue weighted by Crippen LogP contribution is -2.31. The van der Waals surface area contributed by atoms with Crippen LogP contribution >= 0.6 is 0 Å². The maximum Gasteiger partial charge on any atom is 0.121 e. The van der Waals surface area contributed by atoms with E-state index in [1.807, 2.05) is 6.21 Å². The molecular formula is C15H24N2. The van der Waals surface area contributed by atoms with E-state index in [4.69, 9.17) is 0 Å². The topological polar surface area (TPSA) is 15.6 Å². The van der Waals surface area contributed by atoms with Crippen LogP contribution in [-0.4, -0.2) is 24.2 Å². The third-order valence-corrected chi connectivity index (χ3v) is 3.89. The predicted octanol–water partition coefficient (Wildman–Crippen LogP) is 3.62. The smallest absolute Gasteiger partial charge is 0.121 e. The van der Waals surface area contributed by atoms with Crippen molar-refractivity contribution in [2.75, 3.05) is 13.1 Å². The van der Waals surface area contributed by atoms with Crippen LogP contribution in [0, 0.1) is 11.8 Å². The minimum Gasteiger partial charge on any atom is -0.357 e. The molecule has 1 saturated heterocycles. The zero-order chi connectivity index (χ0) is 12.3. The molecule has 0 spiro atoms. The molecule has 1 saturated carbocycles. The van der Waals surface area contributed by atoms with Crippen molar-refractivity contribution in [2.24, 2.45) is 16.8 Å². The van der Waals surface area contributed by atoms with Crippen molar-refractivity contribution in [1.29, 1.82) is 0 Å². The molecule has 0 radical (unpaired) electrons. The predicted molar refractivity (Wildman–Crippen MR) is 74.1 cm³/mol. The molecule has 1 aliphatic heterocycles. The van der Waals surface area contributed by atoms with Gasteiger partial charge in [0, 0.05) is 19.3 Å². The van der Waals surface area contributed by atoms with Crippen LogP contribution in [0.5, 0.6) is 0 Å². The molecule has 0 N–H and O–H groups in total. The second kappa shape index (κ2) is 5.52. The maximum atomic E-state index is 4.54. The van der Waals surface area contributed by atoms with E-state index in [0.717, 1.165) is 30.7 Å². The van der Waals surface area contributed by atoms with E-state index in [1.165, 1.54) is 31.3 Å². The van der Waals surface area contributed by atoms with Gasteiger partial charge in [-0.15, -0.1) is 0 Å². The van der Waals surface area contributed by atoms with Gasteiger partial charge in [-0.3, -0.25) is 0 Å². The fraction of sp³-hybridized carbons (Fsp3) is 0.667. The van der Waals surface area contributed by atoms with Crippen LogP contribution in [0.15, 0.2) is 29.0 Å². The number of likely N-dealkylation sites (tertiary alicyclic amines) is 1. The van der Waals surface area contributed by atoms with Crippen molar-refractivity contribution in [2.45, 2.75) is 39.5 Å². The van der Waals surface area contributed by atoms with Crippen LogP contribution in [0.3, 0.4) is 0 Å². The minimum absolute atomic E-state index is 0.776. The first-order valence-electron chi connectivity index (χ1n) is 6.85. The van der Waals surface area contributed by atoms with Gasteiger partial charge in [-0.25, -0.2) is 4.99 Å². The molecule has 94 valence electrons. The third-order valence-electron chi connectivity index (χ3n) is 3.89. The van der Waals surface area contributed by atoms with E-state index in [0.29, 0.717) is 0 Å². The molecule has 0 unspecified atom stereocenters. The Labute approximate surface area is 105 Å². The number of hydrogen-bond donors (Lipinski definition) is 0. The summed E-state index contributed by atoms with van der Waals surface area (Å²) in [6, 6.07) is 0. The normalized spacial score (nSPS) is 23.4. The van der Waals surface area contributed by atoms with Crippen LogP contribution in [0.2, 0.25) is 0 Å². The molecule has 2 heteroatoms. The summed E-state index contributed by atoms with van der Waals surface area (Å²) in [6.07, 6.45) is 9.42. The summed E-state index contributed by atoms with van der Waals surface area (Å²) < 4.78 is 0. The summed E-state index contributed by atoms with van der Waals surface area (Å²) in [7, 11) is 0. The van der Waals surface area contributed by atoms with Gasteiger partial charge in [-0.1, -0.05) is 19.6 Å². The highest BCUT2D eigenvalue weighted by molar-refractivity contribution is 5.80. The summed E-state index contributed by atoms with van der Waals surface area (Å²) in [5.41, 5.74) is 1.39. The standard InChI is InChI=1S/C15H24N2/c1-4-14(15-5-6-15)11-16-13(3)17-9-7-12(2)8-10-17/h4,11-12,15H,3,5-10H2,1-2H3/b14-4+,16-11-. The van der Waals surface area contributed by atoms with Crippen LogP contribution in [0.25, 0.3) is 0 Å². The van der Waals surface area contributed by atoms with Crippen molar-refractivity contribution >= 4 is 6.21 Å². The molecule has 2 nitrogen and oxygen atoms in total. The first-order valence-corrected chi connectivity index (χ1v) is 6.85. The number of aliphatic imine (C=N–C) groups is 1. The maximum absolute atomic E-state index is 4.54. The lowest BCUT2D eigenvalue weighted by Gasteiger charge is -2.31. The van der Waals surface area contributed by atoms with Gasteiger partial charge in [0.05, 0.1) is 0 Å². The van der Waals surface area contributed by atoms with Crippen LogP contribution in [0.1, 0.15) is 39.5 Å².